The fourth-order valence-corrected chi connectivity index (χ4v) is 1.45. The summed E-state index contributed by atoms with van der Waals surface area (Å²) in [6.07, 6.45) is 0.476. The van der Waals surface area contributed by atoms with Gasteiger partial charge in [-0.2, -0.15) is 0 Å². The largest absolute Gasteiger partial charge is 0.383 e. The lowest BCUT2D eigenvalue weighted by Gasteiger charge is -2.20. The standard InChI is InChI=1S/C10H19N3O4/c1-16-5-3-12-8(14)6-13-9(15)10(11)2-4-17-7-10/h2-7,11H2,1H3,(H,12,14)(H,13,15). The Kier molecular flexibility index (Phi) is 5.33. The molecule has 0 aromatic rings. The molecule has 1 aliphatic heterocycles. The Morgan fingerprint density at radius 3 is 2.82 bits per heavy atom. The van der Waals surface area contributed by atoms with Gasteiger partial charge in [-0.15, -0.1) is 0 Å². The van der Waals surface area contributed by atoms with Gasteiger partial charge < -0.3 is 25.8 Å². The second-order valence-electron chi connectivity index (χ2n) is 3.98. The summed E-state index contributed by atoms with van der Waals surface area (Å²) < 4.78 is 9.84. The normalized spacial score (nSPS) is 23.4. The maximum atomic E-state index is 11.7. The van der Waals surface area contributed by atoms with Crippen LogP contribution in [0.15, 0.2) is 0 Å². The lowest BCUT2D eigenvalue weighted by atomic mass is 9.99. The molecule has 0 aromatic heterocycles. The third kappa shape index (κ3) is 4.29. The summed E-state index contributed by atoms with van der Waals surface area (Å²) in [5.41, 5.74) is 4.83. The summed E-state index contributed by atoms with van der Waals surface area (Å²) in [6, 6.07) is 0. The second-order valence-corrected chi connectivity index (χ2v) is 3.98. The van der Waals surface area contributed by atoms with E-state index in [2.05, 4.69) is 10.6 Å². The monoisotopic (exact) mass is 245 g/mol. The van der Waals surface area contributed by atoms with Gasteiger partial charge in [-0.3, -0.25) is 9.59 Å². The van der Waals surface area contributed by atoms with Crippen molar-refractivity contribution >= 4 is 11.8 Å². The fourth-order valence-electron chi connectivity index (χ4n) is 1.45. The van der Waals surface area contributed by atoms with Gasteiger partial charge in [0.1, 0.15) is 5.54 Å². The molecule has 0 radical (unpaired) electrons. The van der Waals surface area contributed by atoms with Crippen molar-refractivity contribution in [3.05, 3.63) is 0 Å². The molecule has 0 bridgehead atoms. The van der Waals surface area contributed by atoms with E-state index in [1.165, 1.54) is 0 Å². The highest BCUT2D eigenvalue weighted by atomic mass is 16.5. The van der Waals surface area contributed by atoms with Gasteiger partial charge in [0.05, 0.1) is 19.8 Å². The van der Waals surface area contributed by atoms with E-state index in [4.69, 9.17) is 15.2 Å². The van der Waals surface area contributed by atoms with Crippen molar-refractivity contribution in [2.75, 3.05) is 40.0 Å². The molecule has 4 N–H and O–H groups in total. The molecule has 0 spiro atoms. The van der Waals surface area contributed by atoms with Crippen molar-refractivity contribution in [1.82, 2.24) is 10.6 Å². The first-order valence-electron chi connectivity index (χ1n) is 5.49. The van der Waals surface area contributed by atoms with Crippen LogP contribution >= 0.6 is 0 Å². The van der Waals surface area contributed by atoms with E-state index in [1.54, 1.807) is 7.11 Å². The van der Waals surface area contributed by atoms with Crippen LogP contribution in [0.5, 0.6) is 0 Å². The van der Waals surface area contributed by atoms with Crippen molar-refractivity contribution in [3.8, 4) is 0 Å². The highest BCUT2D eigenvalue weighted by Gasteiger charge is 2.38. The first-order valence-corrected chi connectivity index (χ1v) is 5.49. The third-order valence-corrected chi connectivity index (χ3v) is 2.54. The number of nitrogens with one attached hydrogen (secondary N) is 2. The molecule has 7 heteroatoms. The van der Waals surface area contributed by atoms with Gasteiger partial charge in [-0.25, -0.2) is 0 Å². The van der Waals surface area contributed by atoms with Gasteiger partial charge in [-0.05, 0) is 6.42 Å². The zero-order valence-corrected chi connectivity index (χ0v) is 9.95. The number of rotatable bonds is 6. The molecule has 0 aromatic carbocycles. The molecule has 1 saturated heterocycles. The highest BCUT2D eigenvalue weighted by Crippen LogP contribution is 2.14. The van der Waals surface area contributed by atoms with Crippen LogP contribution in [0.4, 0.5) is 0 Å². The van der Waals surface area contributed by atoms with E-state index >= 15 is 0 Å². The van der Waals surface area contributed by atoms with Crippen LogP contribution in [-0.4, -0.2) is 57.4 Å². The number of carbonyl (C=O) groups excluding carboxylic acids is 2. The molecule has 1 atom stereocenters. The van der Waals surface area contributed by atoms with E-state index in [-0.39, 0.29) is 25.0 Å². The summed E-state index contributed by atoms with van der Waals surface area (Å²) in [7, 11) is 1.55. The maximum absolute atomic E-state index is 11.7. The first kappa shape index (κ1) is 13.9. The van der Waals surface area contributed by atoms with Crippen LogP contribution in [-0.2, 0) is 19.1 Å². The molecule has 7 nitrogen and oxygen atoms in total. The Bertz CT molecular complexity index is 277. The number of carbonyl (C=O) groups is 2. The molecule has 1 fully saturated rings. The predicted octanol–water partition coefficient (Wildman–Crippen LogP) is -2.02. The van der Waals surface area contributed by atoms with Crippen LogP contribution in [0.25, 0.3) is 0 Å². The van der Waals surface area contributed by atoms with Gasteiger partial charge in [0, 0.05) is 20.3 Å². The highest BCUT2D eigenvalue weighted by molar-refractivity contribution is 5.90. The number of nitrogens with two attached hydrogens (primary N) is 1. The van der Waals surface area contributed by atoms with Gasteiger partial charge >= 0.3 is 0 Å². The summed E-state index contributed by atoms with van der Waals surface area (Å²) in [6.45, 7) is 1.45. The van der Waals surface area contributed by atoms with Crippen molar-refractivity contribution < 1.29 is 19.1 Å². The lowest BCUT2D eigenvalue weighted by molar-refractivity contribution is -0.129. The van der Waals surface area contributed by atoms with E-state index in [0.717, 1.165) is 0 Å². The molecule has 17 heavy (non-hydrogen) atoms. The van der Waals surface area contributed by atoms with E-state index in [0.29, 0.717) is 26.2 Å². The Labute approximate surface area is 100 Å². The third-order valence-electron chi connectivity index (χ3n) is 2.54. The van der Waals surface area contributed by atoms with Crippen LogP contribution in [0.3, 0.4) is 0 Å². The summed E-state index contributed by atoms with van der Waals surface area (Å²) in [4.78, 5) is 23.0. The number of hydrogen-bond donors (Lipinski definition) is 3. The molecule has 0 saturated carbocycles. The van der Waals surface area contributed by atoms with Crippen molar-refractivity contribution in [2.24, 2.45) is 5.73 Å². The van der Waals surface area contributed by atoms with Gasteiger partial charge in [0.2, 0.25) is 11.8 Å². The average Bonchev–Trinajstić information content (AvgIpc) is 2.75. The van der Waals surface area contributed by atoms with E-state index < -0.39 is 5.54 Å². The lowest BCUT2D eigenvalue weighted by Crippen LogP contribution is -2.56. The quantitative estimate of drug-likeness (QED) is 0.469. The Morgan fingerprint density at radius 2 is 2.24 bits per heavy atom. The molecule has 1 rings (SSSR count). The molecular formula is C10H19N3O4. The summed E-state index contributed by atoms with van der Waals surface area (Å²) in [5, 5.41) is 5.09. The SMILES string of the molecule is COCCNC(=O)CNC(=O)C1(N)CCOC1. The van der Waals surface area contributed by atoms with E-state index in [1.807, 2.05) is 0 Å². The zero-order chi connectivity index (χ0) is 12.7. The van der Waals surface area contributed by atoms with Gasteiger partial charge in [0.25, 0.3) is 0 Å². The smallest absolute Gasteiger partial charge is 0.243 e. The molecule has 2 amide bonds. The van der Waals surface area contributed by atoms with Crippen molar-refractivity contribution in [1.29, 1.82) is 0 Å². The Morgan fingerprint density at radius 1 is 1.47 bits per heavy atom. The number of hydrogen-bond acceptors (Lipinski definition) is 5. The van der Waals surface area contributed by atoms with Gasteiger partial charge in [0.15, 0.2) is 0 Å². The molecule has 1 unspecified atom stereocenters. The number of methoxy groups -OCH3 is 1. The number of ether oxygens (including phenoxy) is 2. The molecule has 1 aliphatic rings. The number of amides is 2. The Hall–Kier alpha value is -1.18. The van der Waals surface area contributed by atoms with Gasteiger partial charge in [-0.1, -0.05) is 0 Å². The average molecular weight is 245 g/mol. The van der Waals surface area contributed by atoms with Crippen LogP contribution in [0.1, 0.15) is 6.42 Å². The van der Waals surface area contributed by atoms with E-state index in [9.17, 15) is 9.59 Å². The molecule has 98 valence electrons. The minimum Gasteiger partial charge on any atom is -0.383 e. The topological polar surface area (TPSA) is 103 Å². The zero-order valence-electron chi connectivity index (χ0n) is 9.95. The minimum atomic E-state index is -0.993. The van der Waals surface area contributed by atoms with Crippen LogP contribution in [0, 0.1) is 0 Å². The van der Waals surface area contributed by atoms with Crippen molar-refractivity contribution in [2.45, 2.75) is 12.0 Å². The summed E-state index contributed by atoms with van der Waals surface area (Å²) in [5.74, 6) is -0.616. The van der Waals surface area contributed by atoms with Crippen LogP contribution in [0.2, 0.25) is 0 Å². The molecule has 0 aliphatic carbocycles. The predicted molar refractivity (Wildman–Crippen MR) is 60.2 cm³/mol. The fraction of sp³-hybridized carbons (Fsp3) is 0.800. The maximum Gasteiger partial charge on any atom is 0.243 e. The van der Waals surface area contributed by atoms with Crippen molar-refractivity contribution in [3.63, 3.8) is 0 Å². The Balaban J connectivity index is 2.21. The minimum absolute atomic E-state index is 0.0818. The second kappa shape index (κ2) is 6.53. The molecule has 1 heterocycles. The summed E-state index contributed by atoms with van der Waals surface area (Å²) >= 11 is 0. The first-order chi connectivity index (χ1) is 8.08. The molecular weight excluding hydrogens is 226 g/mol. The van der Waals surface area contributed by atoms with Crippen LogP contribution < -0.4 is 16.4 Å².